The average molecular weight is 534 g/mol. The summed E-state index contributed by atoms with van der Waals surface area (Å²) in [6.45, 7) is 3.92. The highest BCUT2D eigenvalue weighted by Crippen LogP contribution is 2.36. The van der Waals surface area contributed by atoms with Crippen LogP contribution >= 0.6 is 31.9 Å². The largest absolute Gasteiger partial charge is 0.496 e. The van der Waals surface area contributed by atoms with Crippen LogP contribution in [-0.4, -0.2) is 35.5 Å². The molecule has 0 atom stereocenters. The molecular weight excluding hydrogens is 516 g/mol. The molecule has 0 saturated carbocycles. The van der Waals surface area contributed by atoms with Crippen LogP contribution < -0.4 is 19.0 Å². The summed E-state index contributed by atoms with van der Waals surface area (Å²) in [4.78, 5) is 2.22. The van der Waals surface area contributed by atoms with Crippen LogP contribution in [-0.2, 0) is 10.0 Å². The van der Waals surface area contributed by atoms with Gasteiger partial charge in [0.05, 0.1) is 34.3 Å². The summed E-state index contributed by atoms with van der Waals surface area (Å²) >= 11 is 6.66. The Balaban J connectivity index is 2.20. The summed E-state index contributed by atoms with van der Waals surface area (Å²) in [6, 6.07) is 7.80. The lowest BCUT2D eigenvalue weighted by molar-refractivity contribution is 0.324. The van der Waals surface area contributed by atoms with Crippen LogP contribution in [0.4, 0.5) is 0 Å². The molecule has 0 aliphatic rings. The number of rotatable bonds is 9. The second-order valence-electron chi connectivity index (χ2n) is 5.28. The van der Waals surface area contributed by atoms with Crippen LogP contribution in [0, 0.1) is 0 Å². The summed E-state index contributed by atoms with van der Waals surface area (Å²) in [7, 11) is -0.831. The Morgan fingerprint density at radius 2 is 1.82 bits per heavy atom. The van der Waals surface area contributed by atoms with Crippen LogP contribution in [0.5, 0.6) is 17.2 Å². The Hall–Kier alpha value is -2.04. The maximum absolute atomic E-state index is 12.4. The van der Waals surface area contributed by atoms with E-state index in [4.69, 9.17) is 14.2 Å². The normalized spacial score (nSPS) is 11.3. The zero-order chi connectivity index (χ0) is 20.7. The summed E-state index contributed by atoms with van der Waals surface area (Å²) in [5, 5.41) is 3.83. The summed E-state index contributed by atoms with van der Waals surface area (Å²) in [5.41, 5.74) is 0.605. The molecule has 2 rings (SSSR count). The zero-order valence-corrected chi connectivity index (χ0v) is 19.1. The minimum Gasteiger partial charge on any atom is -0.496 e. The highest BCUT2D eigenvalue weighted by atomic mass is 79.9. The molecule has 0 bridgehead atoms. The van der Waals surface area contributed by atoms with Gasteiger partial charge in [0.25, 0.3) is 10.0 Å². The van der Waals surface area contributed by atoms with Gasteiger partial charge in [-0.05, 0) is 67.8 Å². The number of methoxy groups -OCH3 is 2. The molecule has 10 heteroatoms. The number of hydrazone groups is 1. The molecule has 0 aliphatic carbocycles. The van der Waals surface area contributed by atoms with E-state index in [9.17, 15) is 8.42 Å². The van der Waals surface area contributed by atoms with Crippen LogP contribution in [0.1, 0.15) is 5.56 Å². The van der Waals surface area contributed by atoms with Gasteiger partial charge in [0.15, 0.2) is 11.5 Å². The fourth-order valence-electron chi connectivity index (χ4n) is 2.13. The van der Waals surface area contributed by atoms with E-state index < -0.39 is 10.0 Å². The SMILES string of the molecule is C=CCOc1c(Br)cc(/C=N\NS(=O)(=O)c2ccc(OC)c(Br)c2)cc1OC. The molecule has 7 nitrogen and oxygen atoms in total. The monoisotopic (exact) mass is 532 g/mol. The first kappa shape index (κ1) is 22.3. The molecular formula is C18H18Br2N2O5S. The van der Waals surface area contributed by atoms with Crippen molar-refractivity contribution in [2.24, 2.45) is 5.10 Å². The molecule has 2 aromatic carbocycles. The molecule has 0 radical (unpaired) electrons. The minimum absolute atomic E-state index is 0.0456. The topological polar surface area (TPSA) is 86.2 Å². The Morgan fingerprint density at radius 1 is 1.11 bits per heavy atom. The molecule has 28 heavy (non-hydrogen) atoms. The standard InChI is InChI=1S/C18H18Br2N2O5S/c1-4-7-27-18-15(20)8-12(9-17(18)26-3)11-21-22-28(23,24)13-5-6-16(25-2)14(19)10-13/h4-6,8-11,22H,1,7H2,2-3H3/b21-11-. The molecule has 0 spiro atoms. The number of hydrogen-bond acceptors (Lipinski definition) is 6. The van der Waals surface area contributed by atoms with Crippen molar-refractivity contribution in [3.63, 3.8) is 0 Å². The number of hydrogen-bond donors (Lipinski definition) is 1. The van der Waals surface area contributed by atoms with Crippen LogP contribution in [0.3, 0.4) is 0 Å². The van der Waals surface area contributed by atoms with Crippen LogP contribution in [0.25, 0.3) is 0 Å². The molecule has 0 aromatic heterocycles. The molecule has 150 valence electrons. The Bertz CT molecular complexity index is 994. The molecule has 0 saturated heterocycles. The first-order valence-electron chi connectivity index (χ1n) is 7.82. The van der Waals surface area contributed by atoms with Crippen molar-refractivity contribution in [3.05, 3.63) is 57.5 Å². The van der Waals surface area contributed by atoms with Gasteiger partial charge >= 0.3 is 0 Å². The maximum Gasteiger partial charge on any atom is 0.276 e. The highest BCUT2D eigenvalue weighted by Gasteiger charge is 2.15. The van der Waals surface area contributed by atoms with E-state index in [1.54, 1.807) is 24.3 Å². The molecule has 0 unspecified atom stereocenters. The highest BCUT2D eigenvalue weighted by molar-refractivity contribution is 9.10. The van der Waals surface area contributed by atoms with Crippen molar-refractivity contribution in [1.82, 2.24) is 4.83 Å². The van der Waals surface area contributed by atoms with Gasteiger partial charge in [-0.2, -0.15) is 13.5 Å². The summed E-state index contributed by atoms with van der Waals surface area (Å²) in [5.74, 6) is 1.51. The predicted molar refractivity (Wildman–Crippen MR) is 115 cm³/mol. The van der Waals surface area contributed by atoms with Gasteiger partial charge in [0.1, 0.15) is 12.4 Å². The molecule has 0 fully saturated rings. The first-order chi connectivity index (χ1) is 13.3. The quantitative estimate of drug-likeness (QED) is 0.298. The van der Waals surface area contributed by atoms with Gasteiger partial charge in [0.2, 0.25) is 0 Å². The second-order valence-corrected chi connectivity index (χ2v) is 8.65. The number of benzene rings is 2. The van der Waals surface area contributed by atoms with Gasteiger partial charge in [-0.15, -0.1) is 0 Å². The lowest BCUT2D eigenvalue weighted by atomic mass is 10.2. The first-order valence-corrected chi connectivity index (χ1v) is 10.9. The van der Waals surface area contributed by atoms with Crippen LogP contribution in [0.2, 0.25) is 0 Å². The Labute approximate surface area is 180 Å². The number of halogens is 2. The van der Waals surface area contributed by atoms with Gasteiger partial charge < -0.3 is 14.2 Å². The third-order valence-corrected chi connectivity index (χ3v) is 5.85. The molecule has 0 amide bonds. The van der Waals surface area contributed by atoms with E-state index in [2.05, 4.69) is 48.4 Å². The van der Waals surface area contributed by atoms with E-state index >= 15 is 0 Å². The molecule has 1 N–H and O–H groups in total. The van der Waals surface area contributed by atoms with E-state index in [0.29, 0.717) is 38.4 Å². The van der Waals surface area contributed by atoms with Crippen molar-refractivity contribution in [1.29, 1.82) is 0 Å². The Kier molecular flexibility index (Phi) is 7.90. The Morgan fingerprint density at radius 3 is 2.43 bits per heavy atom. The molecule has 2 aromatic rings. The van der Waals surface area contributed by atoms with Gasteiger partial charge in [0, 0.05) is 0 Å². The van der Waals surface area contributed by atoms with E-state index in [1.807, 2.05) is 0 Å². The van der Waals surface area contributed by atoms with Crippen molar-refractivity contribution >= 4 is 48.1 Å². The van der Waals surface area contributed by atoms with Crippen LogP contribution in [0.15, 0.2) is 61.9 Å². The van der Waals surface area contributed by atoms with Crippen molar-refractivity contribution in [2.75, 3.05) is 20.8 Å². The van der Waals surface area contributed by atoms with Crippen molar-refractivity contribution in [3.8, 4) is 17.2 Å². The third kappa shape index (κ3) is 5.49. The van der Waals surface area contributed by atoms with Crippen molar-refractivity contribution < 1.29 is 22.6 Å². The zero-order valence-electron chi connectivity index (χ0n) is 15.1. The minimum atomic E-state index is -3.84. The lowest BCUT2D eigenvalue weighted by Gasteiger charge is -2.12. The van der Waals surface area contributed by atoms with Gasteiger partial charge in [-0.3, -0.25) is 0 Å². The van der Waals surface area contributed by atoms with Crippen molar-refractivity contribution in [2.45, 2.75) is 4.90 Å². The molecule has 0 heterocycles. The van der Waals surface area contributed by atoms with E-state index in [1.165, 1.54) is 32.6 Å². The van der Waals surface area contributed by atoms with E-state index in [0.717, 1.165) is 0 Å². The number of ether oxygens (including phenoxy) is 3. The molecule has 0 aliphatic heterocycles. The fourth-order valence-corrected chi connectivity index (χ4v) is 4.22. The maximum atomic E-state index is 12.4. The van der Waals surface area contributed by atoms with Gasteiger partial charge in [-0.25, -0.2) is 4.83 Å². The summed E-state index contributed by atoms with van der Waals surface area (Å²) < 4.78 is 41.9. The lowest BCUT2D eigenvalue weighted by Crippen LogP contribution is -2.18. The number of sulfonamides is 1. The predicted octanol–water partition coefficient (Wildman–Crippen LogP) is 4.11. The number of nitrogens with one attached hydrogen (secondary N) is 1. The average Bonchev–Trinajstić information content (AvgIpc) is 2.66. The second kappa shape index (κ2) is 9.94. The third-order valence-electron chi connectivity index (χ3n) is 3.42. The van der Waals surface area contributed by atoms with Gasteiger partial charge in [-0.1, -0.05) is 12.7 Å². The summed E-state index contributed by atoms with van der Waals surface area (Å²) in [6.07, 6.45) is 2.98. The fraction of sp³-hybridized carbons (Fsp3) is 0.167. The number of nitrogens with zero attached hydrogens (tertiary/aromatic N) is 1. The van der Waals surface area contributed by atoms with E-state index in [-0.39, 0.29) is 4.90 Å². The smallest absolute Gasteiger partial charge is 0.276 e.